The molecule has 1 heterocycles. The second kappa shape index (κ2) is 14.3. The molecule has 1 fully saturated rings. The SMILES string of the molecule is CC(=O)Oc1cc(CO)c2c(c1C1=Cc3ccccc3CC1)C(=O)c1cc(O[C@H]3O[C@@H](C)[C@@H](O)[C@@H](O)[C@H]3O)c(Cc3cccc(CO)c3)c(O)c1C2=O. The predicted molar refractivity (Wildman–Crippen MR) is 189 cm³/mol. The van der Waals surface area contributed by atoms with Gasteiger partial charge in [-0.2, -0.15) is 0 Å². The lowest BCUT2D eigenvalue weighted by Crippen LogP contribution is -2.58. The number of fused-ring (bicyclic) bond motifs is 3. The number of rotatable bonds is 8. The molecule has 0 unspecified atom stereocenters. The lowest BCUT2D eigenvalue weighted by molar-refractivity contribution is -0.268. The number of aliphatic hydroxyl groups is 5. The molecule has 274 valence electrons. The molecule has 6 N–H and O–H groups in total. The van der Waals surface area contributed by atoms with Gasteiger partial charge in [-0.25, -0.2) is 0 Å². The van der Waals surface area contributed by atoms with E-state index in [1.165, 1.54) is 26.0 Å². The number of esters is 1. The van der Waals surface area contributed by atoms with E-state index in [9.17, 15) is 45.0 Å². The number of carbonyl (C=O) groups is 3. The first-order chi connectivity index (χ1) is 25.4. The molecule has 53 heavy (non-hydrogen) atoms. The number of benzene rings is 4. The number of phenols is 1. The van der Waals surface area contributed by atoms with Crippen LogP contribution in [0.1, 0.15) is 91.1 Å². The fourth-order valence-electron chi connectivity index (χ4n) is 7.41. The van der Waals surface area contributed by atoms with Gasteiger partial charge in [0, 0.05) is 41.2 Å². The van der Waals surface area contributed by atoms with E-state index in [2.05, 4.69) is 0 Å². The molecule has 0 spiro atoms. The Labute approximate surface area is 304 Å². The summed E-state index contributed by atoms with van der Waals surface area (Å²) in [6, 6.07) is 17.1. The number of ether oxygens (including phenoxy) is 3. The average Bonchev–Trinajstić information content (AvgIpc) is 3.15. The fraction of sp³-hybridized carbons (Fsp3) is 0.293. The van der Waals surface area contributed by atoms with Crippen LogP contribution in [0.5, 0.6) is 17.2 Å². The topological polar surface area (TPSA) is 200 Å². The normalized spacial score (nSPS) is 22.0. The van der Waals surface area contributed by atoms with Gasteiger partial charge in [0.25, 0.3) is 0 Å². The Morgan fingerprint density at radius 2 is 1.57 bits per heavy atom. The van der Waals surface area contributed by atoms with Crippen LogP contribution in [0, 0.1) is 0 Å². The van der Waals surface area contributed by atoms with Crippen molar-refractivity contribution in [2.45, 2.75) is 77.0 Å². The molecule has 4 aromatic rings. The molecule has 0 radical (unpaired) electrons. The maximum atomic E-state index is 14.9. The summed E-state index contributed by atoms with van der Waals surface area (Å²) in [5.74, 6) is -2.95. The van der Waals surface area contributed by atoms with Crippen molar-refractivity contribution in [2.75, 3.05) is 0 Å². The lowest BCUT2D eigenvalue weighted by atomic mass is 9.75. The molecule has 0 bridgehead atoms. The average molecular weight is 723 g/mol. The minimum atomic E-state index is -1.74. The van der Waals surface area contributed by atoms with Crippen molar-refractivity contribution in [1.82, 2.24) is 0 Å². The molecule has 1 saturated heterocycles. The van der Waals surface area contributed by atoms with Gasteiger partial charge in [-0.05, 0) is 65.3 Å². The van der Waals surface area contributed by atoms with E-state index < -0.39 is 60.6 Å². The second-order valence-corrected chi connectivity index (χ2v) is 13.5. The zero-order valence-electron chi connectivity index (χ0n) is 28.9. The summed E-state index contributed by atoms with van der Waals surface area (Å²) in [6.45, 7) is 1.72. The number of aliphatic hydroxyl groups excluding tert-OH is 5. The van der Waals surface area contributed by atoms with Crippen molar-refractivity contribution in [3.63, 3.8) is 0 Å². The van der Waals surface area contributed by atoms with Gasteiger partial charge >= 0.3 is 5.97 Å². The zero-order chi connectivity index (χ0) is 37.7. The van der Waals surface area contributed by atoms with Crippen LogP contribution in [0.2, 0.25) is 0 Å². The van der Waals surface area contributed by atoms with Crippen LogP contribution in [0.25, 0.3) is 11.6 Å². The number of hydrogen-bond donors (Lipinski definition) is 6. The molecule has 12 heteroatoms. The van der Waals surface area contributed by atoms with Gasteiger partial charge < -0.3 is 44.8 Å². The summed E-state index contributed by atoms with van der Waals surface area (Å²) in [4.78, 5) is 41.9. The molecule has 0 aromatic heterocycles. The Balaban J connectivity index is 1.45. The van der Waals surface area contributed by atoms with Gasteiger partial charge in [0.15, 0.2) is 11.6 Å². The number of aromatic hydroxyl groups is 1. The molecule has 5 atom stereocenters. The molecule has 1 aliphatic heterocycles. The van der Waals surface area contributed by atoms with E-state index in [1.807, 2.05) is 30.3 Å². The number of phenolic OH excluding ortho intramolecular Hbond substituents is 1. The summed E-state index contributed by atoms with van der Waals surface area (Å²) in [5.41, 5.74) is 3.11. The first-order valence-corrected chi connectivity index (χ1v) is 17.2. The standard InChI is InChI=1S/C41H38O12/c1-19-35(45)39(49)40(50)41(51-19)53-29-16-28-33(36(46)27(29)13-21-6-5-7-22(12-21)17-42)38(48)32-26(18-43)15-30(52-20(2)44)31(34(32)37(28)47)25-11-10-23-8-3-4-9-24(23)14-25/h3-9,12,14-16,19,35,39-43,45-46,49-50H,10-11,13,17-18H2,1-2H3/t19-,35+,39+,40+,41+/m0/s1. The number of allylic oxidation sites excluding steroid dienone is 1. The van der Waals surface area contributed by atoms with Crippen molar-refractivity contribution in [1.29, 1.82) is 0 Å². The Morgan fingerprint density at radius 3 is 2.30 bits per heavy atom. The Hall–Kier alpha value is -5.21. The summed E-state index contributed by atoms with van der Waals surface area (Å²) >= 11 is 0. The lowest BCUT2D eigenvalue weighted by Gasteiger charge is -2.39. The Morgan fingerprint density at radius 1 is 0.811 bits per heavy atom. The van der Waals surface area contributed by atoms with Gasteiger partial charge in [-0.15, -0.1) is 0 Å². The van der Waals surface area contributed by atoms with E-state index in [-0.39, 0.29) is 63.5 Å². The maximum absolute atomic E-state index is 14.9. The van der Waals surface area contributed by atoms with Crippen LogP contribution in [-0.2, 0) is 35.6 Å². The molecule has 2 aliphatic carbocycles. The highest BCUT2D eigenvalue weighted by atomic mass is 16.7. The molecular weight excluding hydrogens is 684 g/mol. The molecule has 3 aliphatic rings. The first kappa shape index (κ1) is 36.2. The zero-order valence-corrected chi connectivity index (χ0v) is 28.9. The third-order valence-corrected chi connectivity index (χ3v) is 10.1. The third-order valence-electron chi connectivity index (χ3n) is 10.1. The van der Waals surface area contributed by atoms with Crippen LogP contribution in [-0.4, -0.2) is 78.9 Å². The van der Waals surface area contributed by atoms with Crippen molar-refractivity contribution >= 4 is 29.2 Å². The highest BCUT2D eigenvalue weighted by Gasteiger charge is 2.45. The number of aryl methyl sites for hydroxylation is 1. The fourth-order valence-corrected chi connectivity index (χ4v) is 7.41. The summed E-state index contributed by atoms with van der Waals surface area (Å²) in [7, 11) is 0. The van der Waals surface area contributed by atoms with E-state index in [0.717, 1.165) is 11.1 Å². The van der Waals surface area contributed by atoms with Crippen molar-refractivity contribution in [2.24, 2.45) is 0 Å². The summed E-state index contributed by atoms with van der Waals surface area (Å²) in [6.07, 6.45) is -4.54. The van der Waals surface area contributed by atoms with E-state index >= 15 is 0 Å². The third kappa shape index (κ3) is 6.43. The van der Waals surface area contributed by atoms with Crippen LogP contribution in [0.3, 0.4) is 0 Å². The molecule has 7 rings (SSSR count). The molecule has 0 amide bonds. The molecule has 4 aromatic carbocycles. The number of ketones is 2. The first-order valence-electron chi connectivity index (χ1n) is 17.2. The molecule has 12 nitrogen and oxygen atoms in total. The van der Waals surface area contributed by atoms with Crippen LogP contribution in [0.4, 0.5) is 0 Å². The maximum Gasteiger partial charge on any atom is 0.308 e. The van der Waals surface area contributed by atoms with E-state index in [4.69, 9.17) is 14.2 Å². The van der Waals surface area contributed by atoms with Crippen molar-refractivity contribution < 1.29 is 59.2 Å². The van der Waals surface area contributed by atoms with Gasteiger partial charge in [0.05, 0.1) is 24.9 Å². The highest BCUT2D eigenvalue weighted by molar-refractivity contribution is 6.31. The van der Waals surface area contributed by atoms with Gasteiger partial charge in [-0.3, -0.25) is 14.4 Å². The predicted octanol–water partition coefficient (Wildman–Crippen LogP) is 3.36. The summed E-state index contributed by atoms with van der Waals surface area (Å²) < 4.78 is 17.4. The second-order valence-electron chi connectivity index (χ2n) is 13.5. The van der Waals surface area contributed by atoms with Crippen molar-refractivity contribution in [3.05, 3.63) is 122 Å². The van der Waals surface area contributed by atoms with Crippen LogP contribution < -0.4 is 9.47 Å². The minimum absolute atomic E-state index is 0.0120. The minimum Gasteiger partial charge on any atom is -0.507 e. The largest absolute Gasteiger partial charge is 0.507 e. The Kier molecular flexibility index (Phi) is 9.77. The van der Waals surface area contributed by atoms with E-state index in [1.54, 1.807) is 24.3 Å². The number of carbonyl (C=O) groups excluding carboxylic acids is 3. The van der Waals surface area contributed by atoms with Crippen LogP contribution >= 0.6 is 0 Å². The van der Waals surface area contributed by atoms with Crippen molar-refractivity contribution in [3.8, 4) is 17.2 Å². The smallest absolute Gasteiger partial charge is 0.308 e. The van der Waals surface area contributed by atoms with Crippen LogP contribution in [0.15, 0.2) is 60.7 Å². The van der Waals surface area contributed by atoms with Gasteiger partial charge in [-0.1, -0.05) is 54.6 Å². The Bertz CT molecular complexity index is 2190. The van der Waals surface area contributed by atoms with Gasteiger partial charge in [0.1, 0.15) is 35.6 Å². The highest BCUT2D eigenvalue weighted by Crippen LogP contribution is 2.47. The molecule has 0 saturated carbocycles. The monoisotopic (exact) mass is 722 g/mol. The number of hydrogen-bond acceptors (Lipinski definition) is 12. The summed E-state index contributed by atoms with van der Waals surface area (Å²) in [5, 5.41) is 63.9. The quantitative estimate of drug-likeness (QED) is 0.101. The molecular formula is C41H38O12. The van der Waals surface area contributed by atoms with E-state index in [0.29, 0.717) is 29.5 Å². The van der Waals surface area contributed by atoms with Gasteiger partial charge in [0.2, 0.25) is 6.29 Å².